The van der Waals surface area contributed by atoms with E-state index >= 15 is 0 Å². The van der Waals surface area contributed by atoms with Gasteiger partial charge in [0.05, 0.1) is 18.2 Å². The van der Waals surface area contributed by atoms with Gasteiger partial charge >= 0.3 is 0 Å². The SMILES string of the molecule is COc1ccc2c(c1)c(/C=C1/Oc3c(ccc4c3CN(C3CCCCC3)CO4)C1=O)cn2C. The van der Waals surface area contributed by atoms with E-state index in [1.807, 2.05) is 54.2 Å². The first-order valence-corrected chi connectivity index (χ1v) is 11.7. The van der Waals surface area contributed by atoms with E-state index in [0.717, 1.165) is 40.1 Å². The van der Waals surface area contributed by atoms with Crippen molar-refractivity contribution in [3.05, 3.63) is 59.0 Å². The van der Waals surface area contributed by atoms with Crippen LogP contribution in [0, 0.1) is 0 Å². The number of allylic oxidation sites excluding steroid dienone is 1. The number of Topliss-reactive ketones (excluding diaryl/α,β-unsaturated/α-hetero) is 1. The number of benzene rings is 2. The largest absolute Gasteiger partial charge is 0.497 e. The molecule has 0 N–H and O–H groups in total. The molecule has 0 bridgehead atoms. The third kappa shape index (κ3) is 3.40. The fourth-order valence-electron chi connectivity index (χ4n) is 5.44. The predicted molar refractivity (Wildman–Crippen MR) is 127 cm³/mol. The molecule has 6 nitrogen and oxygen atoms in total. The highest BCUT2D eigenvalue weighted by Crippen LogP contribution is 2.43. The molecule has 3 aromatic rings. The number of hydrogen-bond donors (Lipinski definition) is 0. The molecule has 2 aromatic carbocycles. The molecule has 1 fully saturated rings. The lowest BCUT2D eigenvalue weighted by Crippen LogP contribution is -2.41. The first kappa shape index (κ1) is 20.4. The number of rotatable bonds is 3. The number of ether oxygens (including phenoxy) is 3. The minimum absolute atomic E-state index is 0.0810. The second-order valence-corrected chi connectivity index (χ2v) is 9.25. The third-order valence-electron chi connectivity index (χ3n) is 7.25. The van der Waals surface area contributed by atoms with Gasteiger partial charge in [0, 0.05) is 42.3 Å². The van der Waals surface area contributed by atoms with Crippen LogP contribution in [0.3, 0.4) is 0 Å². The van der Waals surface area contributed by atoms with Crippen molar-refractivity contribution in [3.8, 4) is 17.2 Å². The molecule has 0 amide bonds. The first-order valence-electron chi connectivity index (χ1n) is 11.7. The molecule has 0 unspecified atom stereocenters. The molecule has 0 saturated heterocycles. The van der Waals surface area contributed by atoms with Crippen molar-refractivity contribution in [2.75, 3.05) is 13.8 Å². The highest BCUT2D eigenvalue weighted by Gasteiger charge is 2.35. The molecule has 0 radical (unpaired) electrons. The van der Waals surface area contributed by atoms with E-state index in [1.54, 1.807) is 7.11 Å². The van der Waals surface area contributed by atoms with Gasteiger partial charge in [-0.2, -0.15) is 0 Å². The van der Waals surface area contributed by atoms with Gasteiger partial charge in [-0.15, -0.1) is 0 Å². The predicted octanol–water partition coefficient (Wildman–Crippen LogP) is 5.29. The Labute approximate surface area is 193 Å². The van der Waals surface area contributed by atoms with Crippen LogP contribution in [0.2, 0.25) is 0 Å². The number of aromatic nitrogens is 1. The van der Waals surface area contributed by atoms with Crippen LogP contribution in [0.25, 0.3) is 17.0 Å². The van der Waals surface area contributed by atoms with Crippen molar-refractivity contribution >= 4 is 22.8 Å². The van der Waals surface area contributed by atoms with Gasteiger partial charge in [0.15, 0.2) is 5.76 Å². The molecule has 3 aliphatic rings. The van der Waals surface area contributed by atoms with Crippen molar-refractivity contribution in [3.63, 3.8) is 0 Å². The minimum atomic E-state index is -0.0810. The summed E-state index contributed by atoms with van der Waals surface area (Å²) >= 11 is 0. The number of hydrogen-bond acceptors (Lipinski definition) is 5. The van der Waals surface area contributed by atoms with Crippen LogP contribution in [0.1, 0.15) is 53.6 Å². The van der Waals surface area contributed by atoms with Crippen LogP contribution in [0.4, 0.5) is 0 Å². The van der Waals surface area contributed by atoms with Gasteiger partial charge in [-0.25, -0.2) is 0 Å². The Morgan fingerprint density at radius 1 is 1.12 bits per heavy atom. The van der Waals surface area contributed by atoms with Crippen molar-refractivity contribution in [2.45, 2.75) is 44.7 Å². The Kier molecular flexibility index (Phi) is 4.91. The van der Waals surface area contributed by atoms with Crippen LogP contribution in [0.5, 0.6) is 17.2 Å². The maximum atomic E-state index is 13.3. The van der Waals surface area contributed by atoms with Crippen LogP contribution >= 0.6 is 0 Å². The fourth-order valence-corrected chi connectivity index (χ4v) is 5.44. The molecule has 1 saturated carbocycles. The highest BCUT2D eigenvalue weighted by molar-refractivity contribution is 6.15. The third-order valence-corrected chi connectivity index (χ3v) is 7.25. The van der Waals surface area contributed by atoms with Gasteiger partial charge in [-0.1, -0.05) is 19.3 Å². The number of ketones is 1. The topological polar surface area (TPSA) is 52.9 Å². The maximum Gasteiger partial charge on any atom is 0.231 e. The lowest BCUT2D eigenvalue weighted by atomic mass is 9.93. The van der Waals surface area contributed by atoms with E-state index in [9.17, 15) is 4.79 Å². The fraction of sp³-hybridized carbons (Fsp3) is 0.370. The molecule has 2 aliphatic heterocycles. The van der Waals surface area contributed by atoms with E-state index in [-0.39, 0.29) is 5.78 Å². The van der Waals surface area contributed by atoms with E-state index in [0.29, 0.717) is 29.8 Å². The summed E-state index contributed by atoms with van der Waals surface area (Å²) in [7, 11) is 3.65. The molecule has 0 spiro atoms. The lowest BCUT2D eigenvalue weighted by Gasteiger charge is -2.37. The highest BCUT2D eigenvalue weighted by atomic mass is 16.5. The van der Waals surface area contributed by atoms with Crippen molar-refractivity contribution in [1.29, 1.82) is 0 Å². The van der Waals surface area contributed by atoms with Crippen molar-refractivity contribution in [1.82, 2.24) is 9.47 Å². The Bertz CT molecular complexity index is 1280. The summed E-state index contributed by atoms with van der Waals surface area (Å²) in [6.45, 7) is 1.36. The molecule has 170 valence electrons. The molecule has 6 heteroatoms. The van der Waals surface area contributed by atoms with Gasteiger partial charge in [0.1, 0.15) is 24.0 Å². The number of methoxy groups -OCH3 is 1. The van der Waals surface area contributed by atoms with Gasteiger partial charge < -0.3 is 18.8 Å². The molecule has 1 aromatic heterocycles. The second-order valence-electron chi connectivity index (χ2n) is 9.25. The molecule has 33 heavy (non-hydrogen) atoms. The van der Waals surface area contributed by atoms with E-state index in [2.05, 4.69) is 4.90 Å². The van der Waals surface area contributed by atoms with E-state index in [1.165, 1.54) is 32.1 Å². The number of aryl methyl sites for hydroxylation is 1. The standard InChI is InChI=1S/C27H28N2O4/c1-28-14-17(21-13-19(31-2)8-10-23(21)28)12-25-26(30)20-9-11-24-22(27(20)33-25)15-29(16-32-24)18-6-4-3-5-7-18/h8-14,18H,3-7,15-16H2,1-2H3/b25-12+. The Morgan fingerprint density at radius 2 is 1.97 bits per heavy atom. The van der Waals surface area contributed by atoms with Crippen LogP contribution in [0.15, 0.2) is 42.3 Å². The second kappa shape index (κ2) is 7.96. The summed E-state index contributed by atoms with van der Waals surface area (Å²) in [5.74, 6) is 2.53. The van der Waals surface area contributed by atoms with Gasteiger partial charge in [-0.05, 0) is 49.2 Å². The van der Waals surface area contributed by atoms with Crippen LogP contribution in [-0.4, -0.2) is 35.1 Å². The smallest absolute Gasteiger partial charge is 0.231 e. The van der Waals surface area contributed by atoms with Crippen LogP contribution in [-0.2, 0) is 13.6 Å². The summed E-state index contributed by atoms with van der Waals surface area (Å²) in [6.07, 6.45) is 10.2. The van der Waals surface area contributed by atoms with Crippen LogP contribution < -0.4 is 14.2 Å². The van der Waals surface area contributed by atoms with Crippen molar-refractivity contribution in [2.24, 2.45) is 7.05 Å². The molecule has 0 atom stereocenters. The summed E-state index contributed by atoms with van der Waals surface area (Å²) in [4.78, 5) is 15.7. The molecular formula is C27H28N2O4. The monoisotopic (exact) mass is 444 g/mol. The number of nitrogens with zero attached hydrogens (tertiary/aromatic N) is 2. The van der Waals surface area contributed by atoms with Gasteiger partial charge in [0.25, 0.3) is 0 Å². The Morgan fingerprint density at radius 3 is 2.79 bits per heavy atom. The maximum absolute atomic E-state index is 13.3. The zero-order valence-electron chi connectivity index (χ0n) is 19.1. The molecular weight excluding hydrogens is 416 g/mol. The van der Waals surface area contributed by atoms with Crippen molar-refractivity contribution < 1.29 is 19.0 Å². The van der Waals surface area contributed by atoms with E-state index < -0.39 is 0 Å². The number of carbonyl (C=O) groups excluding carboxylic acids is 1. The lowest BCUT2D eigenvalue weighted by molar-refractivity contribution is 0.0394. The summed E-state index contributed by atoms with van der Waals surface area (Å²) in [5, 5.41) is 1.02. The molecule has 6 rings (SSSR count). The Balaban J connectivity index is 1.35. The van der Waals surface area contributed by atoms with Gasteiger partial charge in [-0.3, -0.25) is 9.69 Å². The van der Waals surface area contributed by atoms with Gasteiger partial charge in [0.2, 0.25) is 5.78 Å². The zero-order valence-corrected chi connectivity index (χ0v) is 19.1. The summed E-state index contributed by atoms with van der Waals surface area (Å²) < 4.78 is 19.8. The normalized spacial score (nSPS) is 19.9. The number of fused-ring (bicyclic) bond motifs is 4. The summed E-state index contributed by atoms with van der Waals surface area (Å²) in [5.41, 5.74) is 3.60. The molecule has 3 heterocycles. The average Bonchev–Trinajstić information content (AvgIpc) is 3.35. The molecule has 1 aliphatic carbocycles. The minimum Gasteiger partial charge on any atom is -0.497 e. The first-order chi connectivity index (χ1) is 16.1. The number of carbonyl (C=O) groups is 1. The summed E-state index contributed by atoms with van der Waals surface area (Å²) in [6, 6.07) is 10.2. The quantitative estimate of drug-likeness (QED) is 0.514. The Hall–Kier alpha value is -3.25. The average molecular weight is 445 g/mol. The zero-order chi connectivity index (χ0) is 22.5. The van der Waals surface area contributed by atoms with E-state index in [4.69, 9.17) is 14.2 Å².